The first-order chi connectivity index (χ1) is 13.3. The van der Waals surface area contributed by atoms with Crippen LogP contribution in [-0.4, -0.2) is 52.5 Å². The van der Waals surface area contributed by atoms with Gasteiger partial charge in [0.1, 0.15) is 25.6 Å². The Kier molecular flexibility index (Phi) is 5.71. The van der Waals surface area contributed by atoms with Gasteiger partial charge in [0.15, 0.2) is 11.5 Å². The predicted octanol–water partition coefficient (Wildman–Crippen LogP) is 1.85. The molecule has 2 aromatic rings. The first kappa shape index (κ1) is 19.9. The van der Waals surface area contributed by atoms with Crippen molar-refractivity contribution in [3.05, 3.63) is 48.3 Å². The quantitative estimate of drug-likeness (QED) is 0.787. The molecule has 150 valence electrons. The summed E-state index contributed by atoms with van der Waals surface area (Å²) in [7, 11) is -1.48. The Hall–Kier alpha value is -2.85. The maximum atomic E-state index is 14.2. The Bertz CT molecular complexity index is 981. The predicted molar refractivity (Wildman–Crippen MR) is 102 cm³/mol. The number of hydrogen-bond acceptors (Lipinski definition) is 5. The van der Waals surface area contributed by atoms with Gasteiger partial charge in [0.2, 0.25) is 5.91 Å². The zero-order valence-corrected chi connectivity index (χ0v) is 16.2. The van der Waals surface area contributed by atoms with Gasteiger partial charge >= 0.3 is 10.2 Å². The number of hydrogen-bond donors (Lipinski definition) is 1. The van der Waals surface area contributed by atoms with E-state index in [1.807, 2.05) is 0 Å². The van der Waals surface area contributed by atoms with Crippen LogP contribution in [0, 0.1) is 5.82 Å². The largest absolute Gasteiger partial charge is 0.486 e. The molecule has 0 fully saturated rings. The van der Waals surface area contributed by atoms with E-state index in [-0.39, 0.29) is 5.69 Å². The van der Waals surface area contributed by atoms with Crippen LogP contribution < -0.4 is 19.1 Å². The van der Waals surface area contributed by atoms with Gasteiger partial charge in [0.25, 0.3) is 0 Å². The lowest BCUT2D eigenvalue weighted by Crippen LogP contribution is -2.44. The highest BCUT2D eigenvalue weighted by Gasteiger charge is 2.29. The Balaban J connectivity index is 1.83. The van der Waals surface area contributed by atoms with Gasteiger partial charge in [0, 0.05) is 25.8 Å². The molecule has 3 rings (SSSR count). The molecule has 0 spiro atoms. The van der Waals surface area contributed by atoms with E-state index in [0.717, 1.165) is 14.7 Å². The number of amides is 1. The highest BCUT2D eigenvalue weighted by atomic mass is 32.2. The van der Waals surface area contributed by atoms with Crippen LogP contribution in [0.5, 0.6) is 11.5 Å². The second-order valence-corrected chi connectivity index (χ2v) is 8.22. The number of benzene rings is 2. The normalized spacial score (nSPS) is 13.3. The number of nitrogens with zero attached hydrogens (tertiary/aromatic N) is 2. The highest BCUT2D eigenvalue weighted by molar-refractivity contribution is 7.90. The number of para-hydroxylation sites is 1. The van der Waals surface area contributed by atoms with E-state index in [2.05, 4.69) is 5.32 Å². The Morgan fingerprint density at radius 3 is 2.46 bits per heavy atom. The summed E-state index contributed by atoms with van der Waals surface area (Å²) in [5.41, 5.74) is 0.193. The van der Waals surface area contributed by atoms with E-state index >= 15 is 0 Å². The van der Waals surface area contributed by atoms with Gasteiger partial charge < -0.3 is 14.8 Å². The molecule has 0 unspecified atom stereocenters. The average Bonchev–Trinajstić information content (AvgIpc) is 2.66. The Morgan fingerprint density at radius 1 is 1.11 bits per heavy atom. The van der Waals surface area contributed by atoms with Gasteiger partial charge in [-0.2, -0.15) is 12.7 Å². The van der Waals surface area contributed by atoms with Crippen LogP contribution in [0.1, 0.15) is 0 Å². The van der Waals surface area contributed by atoms with E-state index < -0.39 is 28.5 Å². The van der Waals surface area contributed by atoms with Gasteiger partial charge in [-0.3, -0.25) is 4.79 Å². The molecule has 28 heavy (non-hydrogen) atoms. The fourth-order valence-electron chi connectivity index (χ4n) is 2.59. The van der Waals surface area contributed by atoms with Crippen molar-refractivity contribution in [3.63, 3.8) is 0 Å². The summed E-state index contributed by atoms with van der Waals surface area (Å²) in [6.07, 6.45) is 0. The molecule has 0 aliphatic carbocycles. The first-order valence-corrected chi connectivity index (χ1v) is 9.83. The first-order valence-electron chi connectivity index (χ1n) is 8.43. The summed E-state index contributed by atoms with van der Waals surface area (Å²) in [5.74, 6) is -0.339. The molecular formula is C18H20FN3O5S. The standard InChI is InChI=1S/C18H20FN3O5S/c1-21(2)28(24,25)22(15-6-4-3-5-14(15)19)12-18(23)20-13-7-8-16-17(11-13)27-10-9-26-16/h3-8,11H,9-10,12H2,1-2H3,(H,20,23). The third-order valence-electron chi connectivity index (χ3n) is 3.97. The van der Waals surface area contributed by atoms with Gasteiger partial charge in [-0.05, 0) is 24.3 Å². The van der Waals surface area contributed by atoms with E-state index in [9.17, 15) is 17.6 Å². The monoisotopic (exact) mass is 409 g/mol. The molecule has 0 bridgehead atoms. The van der Waals surface area contributed by atoms with Crippen molar-refractivity contribution in [1.82, 2.24) is 4.31 Å². The molecule has 1 aliphatic heterocycles. The highest BCUT2D eigenvalue weighted by Crippen LogP contribution is 2.32. The van der Waals surface area contributed by atoms with Crippen LogP contribution in [0.15, 0.2) is 42.5 Å². The summed E-state index contributed by atoms with van der Waals surface area (Å²) in [6.45, 7) is 0.237. The molecule has 8 nitrogen and oxygen atoms in total. The van der Waals surface area contributed by atoms with Gasteiger partial charge in [-0.25, -0.2) is 8.70 Å². The summed E-state index contributed by atoms with van der Waals surface area (Å²) in [5, 5.41) is 2.60. The smallest absolute Gasteiger partial charge is 0.304 e. The minimum atomic E-state index is -4.10. The average molecular weight is 409 g/mol. The topological polar surface area (TPSA) is 88.2 Å². The van der Waals surface area contributed by atoms with Gasteiger partial charge in [0.05, 0.1) is 5.69 Å². The molecule has 2 aromatic carbocycles. The maximum Gasteiger partial charge on any atom is 0.304 e. The molecule has 0 saturated carbocycles. The number of carbonyl (C=O) groups excluding carboxylic acids is 1. The van der Waals surface area contributed by atoms with Crippen molar-refractivity contribution >= 4 is 27.5 Å². The Morgan fingerprint density at radius 2 is 1.79 bits per heavy atom. The van der Waals surface area contributed by atoms with Crippen LogP contribution in [-0.2, 0) is 15.0 Å². The van der Waals surface area contributed by atoms with Crippen LogP contribution in [0.4, 0.5) is 15.8 Å². The lowest BCUT2D eigenvalue weighted by molar-refractivity contribution is -0.114. The van der Waals surface area contributed by atoms with E-state index in [1.54, 1.807) is 18.2 Å². The van der Waals surface area contributed by atoms with Crippen molar-refractivity contribution in [1.29, 1.82) is 0 Å². The number of anilines is 2. The Labute approximate surface area is 162 Å². The summed E-state index contributed by atoms with van der Waals surface area (Å²) in [4.78, 5) is 12.5. The molecule has 10 heteroatoms. The van der Waals surface area contributed by atoms with Crippen molar-refractivity contribution < 1.29 is 27.1 Å². The molecule has 0 radical (unpaired) electrons. The van der Waals surface area contributed by atoms with Gasteiger partial charge in [-0.1, -0.05) is 12.1 Å². The number of halogens is 1. The number of ether oxygens (including phenoxy) is 2. The number of fused-ring (bicyclic) bond motifs is 1. The zero-order chi connectivity index (χ0) is 20.3. The summed E-state index contributed by atoms with van der Waals surface area (Å²) >= 11 is 0. The third-order valence-corrected chi connectivity index (χ3v) is 5.78. The number of rotatable bonds is 6. The fraction of sp³-hybridized carbons (Fsp3) is 0.278. The third kappa shape index (κ3) is 4.18. The molecule has 0 saturated heterocycles. The molecular weight excluding hydrogens is 389 g/mol. The molecule has 1 amide bonds. The van der Waals surface area contributed by atoms with Crippen molar-refractivity contribution in [2.45, 2.75) is 0 Å². The second-order valence-electron chi connectivity index (χ2n) is 6.15. The van der Waals surface area contributed by atoms with E-state index in [0.29, 0.717) is 30.4 Å². The summed E-state index contributed by atoms with van der Waals surface area (Å²) < 4.78 is 52.0. The molecule has 0 aromatic heterocycles. The molecule has 0 atom stereocenters. The maximum absolute atomic E-state index is 14.2. The van der Waals surface area contributed by atoms with E-state index in [1.165, 1.54) is 32.3 Å². The number of carbonyl (C=O) groups is 1. The van der Waals surface area contributed by atoms with Crippen LogP contribution in [0.25, 0.3) is 0 Å². The van der Waals surface area contributed by atoms with Crippen LogP contribution in [0.3, 0.4) is 0 Å². The molecule has 1 N–H and O–H groups in total. The minimum Gasteiger partial charge on any atom is -0.486 e. The minimum absolute atomic E-state index is 0.214. The SMILES string of the molecule is CN(C)S(=O)(=O)N(CC(=O)Nc1ccc2c(c1)OCCO2)c1ccccc1F. The van der Waals surface area contributed by atoms with Crippen LogP contribution >= 0.6 is 0 Å². The van der Waals surface area contributed by atoms with Crippen molar-refractivity contribution in [2.75, 3.05) is 43.5 Å². The molecule has 1 heterocycles. The van der Waals surface area contributed by atoms with E-state index in [4.69, 9.17) is 9.47 Å². The van der Waals surface area contributed by atoms with Gasteiger partial charge in [-0.15, -0.1) is 0 Å². The molecule has 1 aliphatic rings. The number of nitrogens with one attached hydrogen (secondary N) is 1. The van der Waals surface area contributed by atoms with Crippen LogP contribution in [0.2, 0.25) is 0 Å². The lowest BCUT2D eigenvalue weighted by Gasteiger charge is -2.27. The van der Waals surface area contributed by atoms with Crippen molar-refractivity contribution in [2.24, 2.45) is 0 Å². The fourth-order valence-corrected chi connectivity index (χ4v) is 3.67. The second kappa shape index (κ2) is 8.03. The lowest BCUT2D eigenvalue weighted by atomic mass is 10.2. The zero-order valence-electron chi connectivity index (χ0n) is 15.4. The van der Waals surface area contributed by atoms with Crippen molar-refractivity contribution in [3.8, 4) is 11.5 Å². The summed E-state index contributed by atoms with van der Waals surface area (Å²) in [6, 6.07) is 10.2.